The van der Waals surface area contributed by atoms with Gasteiger partial charge in [0.05, 0.1) is 14.2 Å². The molecule has 17 heavy (non-hydrogen) atoms. The van der Waals surface area contributed by atoms with E-state index in [1.165, 1.54) is 11.1 Å². The first-order valence-electron chi connectivity index (χ1n) is 5.80. The topological polar surface area (TPSA) is 21.7 Å². The number of allylic oxidation sites excluding steroid dienone is 1. The van der Waals surface area contributed by atoms with Crippen molar-refractivity contribution in [2.24, 2.45) is 0 Å². The van der Waals surface area contributed by atoms with Gasteiger partial charge in [-0.2, -0.15) is 0 Å². The van der Waals surface area contributed by atoms with Crippen molar-refractivity contribution in [1.82, 2.24) is 4.90 Å². The molecule has 0 unspecified atom stereocenters. The molecule has 1 heterocycles. The van der Waals surface area contributed by atoms with E-state index in [-0.39, 0.29) is 0 Å². The quantitative estimate of drug-likeness (QED) is 0.801. The molecule has 1 aliphatic rings. The highest BCUT2D eigenvalue weighted by Gasteiger charge is 2.18. The molecule has 0 radical (unpaired) electrons. The van der Waals surface area contributed by atoms with Crippen LogP contribution in [-0.2, 0) is 13.0 Å². The summed E-state index contributed by atoms with van der Waals surface area (Å²) in [6.45, 7) is 7.98. The molecule has 1 aromatic rings. The van der Waals surface area contributed by atoms with Crippen LogP contribution in [0.25, 0.3) is 0 Å². The third-order valence-corrected chi connectivity index (χ3v) is 3.26. The van der Waals surface area contributed by atoms with E-state index in [1.54, 1.807) is 14.2 Å². The predicted octanol–water partition coefficient (Wildman–Crippen LogP) is 2.60. The Kier molecular flexibility index (Phi) is 3.27. The lowest BCUT2D eigenvalue weighted by molar-refractivity contribution is 0.318. The Bertz CT molecular complexity index is 440. The Balaban J connectivity index is 2.35. The number of fused-ring (bicyclic) bond motifs is 1. The molecule has 0 saturated carbocycles. The van der Waals surface area contributed by atoms with Crippen molar-refractivity contribution in [1.29, 1.82) is 0 Å². The Morgan fingerprint density at radius 2 is 1.76 bits per heavy atom. The van der Waals surface area contributed by atoms with Crippen molar-refractivity contribution < 1.29 is 9.47 Å². The van der Waals surface area contributed by atoms with E-state index < -0.39 is 0 Å². The van der Waals surface area contributed by atoms with Gasteiger partial charge in [0.15, 0.2) is 11.5 Å². The summed E-state index contributed by atoms with van der Waals surface area (Å²) in [7, 11) is 3.34. The number of ether oxygens (including phenoxy) is 2. The molecule has 0 atom stereocenters. The highest BCUT2D eigenvalue weighted by molar-refractivity contribution is 5.48. The van der Waals surface area contributed by atoms with Crippen LogP contribution in [0.15, 0.2) is 24.4 Å². The average molecular weight is 233 g/mol. The van der Waals surface area contributed by atoms with E-state index in [9.17, 15) is 0 Å². The summed E-state index contributed by atoms with van der Waals surface area (Å²) in [5, 5.41) is 0. The Morgan fingerprint density at radius 3 is 2.29 bits per heavy atom. The maximum absolute atomic E-state index is 5.33. The Hall–Kier alpha value is -1.64. The van der Waals surface area contributed by atoms with Crippen LogP contribution in [-0.4, -0.2) is 25.7 Å². The van der Waals surface area contributed by atoms with Crippen molar-refractivity contribution in [2.45, 2.75) is 19.9 Å². The number of rotatable bonds is 3. The minimum atomic E-state index is 0.801. The monoisotopic (exact) mass is 233 g/mol. The van der Waals surface area contributed by atoms with Gasteiger partial charge in [0, 0.05) is 18.8 Å². The van der Waals surface area contributed by atoms with Crippen LogP contribution in [0, 0.1) is 0 Å². The Morgan fingerprint density at radius 1 is 1.18 bits per heavy atom. The molecule has 3 nitrogen and oxygen atoms in total. The second kappa shape index (κ2) is 4.70. The summed E-state index contributed by atoms with van der Waals surface area (Å²) in [6.07, 6.45) is 1.03. The van der Waals surface area contributed by atoms with E-state index in [2.05, 4.69) is 23.6 Å². The van der Waals surface area contributed by atoms with E-state index in [1.807, 2.05) is 6.92 Å². The number of hydrogen-bond acceptors (Lipinski definition) is 3. The van der Waals surface area contributed by atoms with Crippen LogP contribution in [0.2, 0.25) is 0 Å². The minimum Gasteiger partial charge on any atom is -0.493 e. The second-order valence-corrected chi connectivity index (χ2v) is 4.38. The summed E-state index contributed by atoms with van der Waals surface area (Å²) in [5.41, 5.74) is 3.77. The van der Waals surface area contributed by atoms with Gasteiger partial charge in [-0.3, -0.25) is 0 Å². The summed E-state index contributed by atoms with van der Waals surface area (Å²) in [6, 6.07) is 4.16. The molecular weight excluding hydrogens is 214 g/mol. The van der Waals surface area contributed by atoms with Gasteiger partial charge >= 0.3 is 0 Å². The third-order valence-electron chi connectivity index (χ3n) is 3.26. The van der Waals surface area contributed by atoms with Crippen molar-refractivity contribution >= 4 is 0 Å². The molecule has 0 bridgehead atoms. The number of nitrogens with zero attached hydrogens (tertiary/aromatic N) is 1. The van der Waals surface area contributed by atoms with Crippen LogP contribution >= 0.6 is 0 Å². The van der Waals surface area contributed by atoms with Gasteiger partial charge in [0.1, 0.15) is 0 Å². The first-order valence-corrected chi connectivity index (χ1v) is 5.80. The van der Waals surface area contributed by atoms with Gasteiger partial charge in [0.25, 0.3) is 0 Å². The molecule has 1 aliphatic heterocycles. The van der Waals surface area contributed by atoms with Crippen LogP contribution in [0.1, 0.15) is 18.1 Å². The number of hydrogen-bond donors (Lipinski definition) is 0. The van der Waals surface area contributed by atoms with Crippen molar-refractivity contribution in [2.75, 3.05) is 20.8 Å². The molecule has 0 aromatic heterocycles. The van der Waals surface area contributed by atoms with E-state index in [4.69, 9.17) is 9.47 Å². The van der Waals surface area contributed by atoms with Crippen LogP contribution in [0.3, 0.4) is 0 Å². The first kappa shape index (κ1) is 11.8. The van der Waals surface area contributed by atoms with Gasteiger partial charge < -0.3 is 14.4 Å². The normalized spacial score (nSPS) is 14.2. The smallest absolute Gasteiger partial charge is 0.161 e. The van der Waals surface area contributed by atoms with Crippen molar-refractivity contribution in [3.05, 3.63) is 35.5 Å². The fraction of sp³-hybridized carbons (Fsp3) is 0.429. The van der Waals surface area contributed by atoms with Crippen LogP contribution < -0.4 is 9.47 Å². The summed E-state index contributed by atoms with van der Waals surface area (Å²) >= 11 is 0. The number of benzene rings is 1. The molecule has 0 amide bonds. The molecule has 3 heteroatoms. The van der Waals surface area contributed by atoms with Crippen LogP contribution in [0.4, 0.5) is 0 Å². The zero-order valence-electron chi connectivity index (χ0n) is 10.7. The minimum absolute atomic E-state index is 0.801. The SMILES string of the molecule is C=C(C)N1CCc2cc(OC)c(OC)cc2C1. The van der Waals surface area contributed by atoms with E-state index in [0.717, 1.165) is 36.7 Å². The predicted molar refractivity (Wildman–Crippen MR) is 68.5 cm³/mol. The maximum atomic E-state index is 5.33. The summed E-state index contributed by atoms with van der Waals surface area (Å²) in [4.78, 5) is 2.29. The van der Waals surface area contributed by atoms with Gasteiger partial charge in [-0.05, 0) is 36.6 Å². The van der Waals surface area contributed by atoms with Gasteiger partial charge in [-0.25, -0.2) is 0 Å². The lowest BCUT2D eigenvalue weighted by Crippen LogP contribution is -2.28. The maximum Gasteiger partial charge on any atom is 0.161 e. The molecular formula is C14H19NO2. The van der Waals surface area contributed by atoms with E-state index in [0.29, 0.717) is 0 Å². The zero-order valence-corrected chi connectivity index (χ0v) is 10.7. The van der Waals surface area contributed by atoms with Crippen molar-refractivity contribution in [3.8, 4) is 11.5 Å². The Labute approximate surface area is 103 Å². The molecule has 0 aliphatic carbocycles. The number of methoxy groups -OCH3 is 2. The standard InChI is InChI=1S/C14H19NO2/c1-10(2)15-6-5-11-7-13(16-3)14(17-4)8-12(11)9-15/h7-8H,1,5-6,9H2,2-4H3. The van der Waals surface area contributed by atoms with Crippen molar-refractivity contribution in [3.63, 3.8) is 0 Å². The molecule has 0 saturated heterocycles. The molecule has 0 fully saturated rings. The van der Waals surface area contributed by atoms with Gasteiger partial charge in [-0.1, -0.05) is 6.58 Å². The fourth-order valence-corrected chi connectivity index (χ4v) is 2.21. The average Bonchev–Trinajstić information content (AvgIpc) is 2.36. The zero-order chi connectivity index (χ0) is 12.4. The molecule has 0 spiro atoms. The lowest BCUT2D eigenvalue weighted by Gasteiger charge is -2.31. The summed E-state index contributed by atoms with van der Waals surface area (Å²) in [5.74, 6) is 1.62. The highest BCUT2D eigenvalue weighted by Crippen LogP contribution is 2.33. The summed E-state index contributed by atoms with van der Waals surface area (Å²) < 4.78 is 10.7. The van der Waals surface area contributed by atoms with Gasteiger partial charge in [0.2, 0.25) is 0 Å². The largest absolute Gasteiger partial charge is 0.493 e. The second-order valence-electron chi connectivity index (χ2n) is 4.38. The first-order chi connectivity index (χ1) is 8.15. The lowest BCUT2D eigenvalue weighted by atomic mass is 9.98. The molecule has 92 valence electrons. The third kappa shape index (κ3) is 2.23. The van der Waals surface area contributed by atoms with E-state index >= 15 is 0 Å². The molecule has 0 N–H and O–H groups in total. The highest BCUT2D eigenvalue weighted by atomic mass is 16.5. The molecule has 2 rings (SSSR count). The molecule has 1 aromatic carbocycles. The van der Waals surface area contributed by atoms with Crippen LogP contribution in [0.5, 0.6) is 11.5 Å². The van der Waals surface area contributed by atoms with Gasteiger partial charge in [-0.15, -0.1) is 0 Å². The fourth-order valence-electron chi connectivity index (χ4n) is 2.21.